The lowest BCUT2D eigenvalue weighted by Gasteiger charge is -2.17. The molecule has 0 aromatic carbocycles. The minimum atomic E-state index is -3.33. The highest BCUT2D eigenvalue weighted by Crippen LogP contribution is 2.19. The summed E-state index contributed by atoms with van der Waals surface area (Å²) in [6.07, 6.45) is 5.60. The van der Waals surface area contributed by atoms with E-state index < -0.39 is 15.3 Å². The zero-order valence-electron chi connectivity index (χ0n) is 10.7. The number of nitrogens with zero attached hydrogens (tertiary/aromatic N) is 1. The average molecular weight is 272 g/mol. The lowest BCUT2D eigenvalue weighted by atomic mass is 10.3. The predicted octanol–water partition coefficient (Wildman–Crippen LogP) is 0.531. The number of sulfonamides is 1. The van der Waals surface area contributed by atoms with Crippen molar-refractivity contribution in [1.82, 2.24) is 20.0 Å². The fourth-order valence-electron chi connectivity index (χ4n) is 1.66. The summed E-state index contributed by atoms with van der Waals surface area (Å²) in [4.78, 5) is 6.95. The molecule has 3 N–H and O–H groups in total. The van der Waals surface area contributed by atoms with Crippen LogP contribution in [0.1, 0.15) is 38.6 Å². The van der Waals surface area contributed by atoms with E-state index in [4.69, 9.17) is 0 Å². The maximum Gasteiger partial charge on any atom is 0.216 e. The van der Waals surface area contributed by atoms with Gasteiger partial charge in [0.15, 0.2) is 0 Å². The third-order valence-electron chi connectivity index (χ3n) is 3.07. The van der Waals surface area contributed by atoms with Crippen molar-refractivity contribution in [2.45, 2.75) is 44.0 Å². The minimum Gasteiger partial charge on any atom is -0.347 e. The molecule has 2 rings (SSSR count). The number of rotatable bonds is 7. The number of aromatic amines is 1. The Hall–Kier alpha value is -0.920. The summed E-state index contributed by atoms with van der Waals surface area (Å²) < 4.78 is 26.8. The van der Waals surface area contributed by atoms with E-state index in [1.807, 2.05) is 0 Å². The van der Waals surface area contributed by atoms with Crippen molar-refractivity contribution >= 4 is 10.0 Å². The Morgan fingerprint density at radius 2 is 2.22 bits per heavy atom. The van der Waals surface area contributed by atoms with Gasteiger partial charge in [0, 0.05) is 25.0 Å². The highest BCUT2D eigenvalue weighted by atomic mass is 32.2. The molecule has 0 radical (unpaired) electrons. The van der Waals surface area contributed by atoms with E-state index in [1.165, 1.54) is 0 Å². The SMILES string of the molecule is CC(NS(=O)(=O)C(C)CNC1CC1)c1ncc[nH]1. The topological polar surface area (TPSA) is 86.9 Å². The van der Waals surface area contributed by atoms with Crippen LogP contribution in [0, 0.1) is 0 Å². The van der Waals surface area contributed by atoms with Gasteiger partial charge in [0.1, 0.15) is 5.82 Å². The van der Waals surface area contributed by atoms with Crippen LogP contribution in [0.15, 0.2) is 12.4 Å². The smallest absolute Gasteiger partial charge is 0.216 e. The number of H-pyrrole nitrogens is 1. The minimum absolute atomic E-state index is 0.339. The molecule has 1 saturated carbocycles. The Labute approximate surface area is 108 Å². The summed E-state index contributed by atoms with van der Waals surface area (Å²) in [6.45, 7) is 3.98. The van der Waals surface area contributed by atoms with Gasteiger partial charge in [-0.05, 0) is 26.7 Å². The van der Waals surface area contributed by atoms with Crippen molar-refractivity contribution in [3.8, 4) is 0 Å². The van der Waals surface area contributed by atoms with Crippen LogP contribution in [0.4, 0.5) is 0 Å². The molecule has 18 heavy (non-hydrogen) atoms. The molecule has 0 spiro atoms. The first-order chi connectivity index (χ1) is 8.49. The maximum absolute atomic E-state index is 12.1. The third-order valence-corrected chi connectivity index (χ3v) is 4.98. The molecule has 0 amide bonds. The summed E-state index contributed by atoms with van der Waals surface area (Å²) in [6, 6.07) is 0.179. The van der Waals surface area contributed by atoms with Crippen molar-refractivity contribution in [2.75, 3.05) is 6.54 Å². The summed E-state index contributed by atoms with van der Waals surface area (Å²) in [5, 5.41) is 2.78. The molecule has 6 nitrogen and oxygen atoms in total. The van der Waals surface area contributed by atoms with E-state index in [9.17, 15) is 8.42 Å². The van der Waals surface area contributed by atoms with Gasteiger partial charge in [0.2, 0.25) is 10.0 Å². The second kappa shape index (κ2) is 5.38. The fraction of sp³-hybridized carbons (Fsp3) is 0.727. The number of imidazole rings is 1. The van der Waals surface area contributed by atoms with Crippen molar-refractivity contribution in [3.05, 3.63) is 18.2 Å². The molecule has 2 unspecified atom stereocenters. The monoisotopic (exact) mass is 272 g/mol. The molecule has 1 fully saturated rings. The van der Waals surface area contributed by atoms with Crippen LogP contribution in [0.3, 0.4) is 0 Å². The Kier molecular flexibility index (Phi) is 4.04. The van der Waals surface area contributed by atoms with Crippen LogP contribution in [-0.2, 0) is 10.0 Å². The quantitative estimate of drug-likeness (QED) is 0.676. The van der Waals surface area contributed by atoms with Crippen LogP contribution >= 0.6 is 0 Å². The normalized spacial score (nSPS) is 19.7. The average Bonchev–Trinajstić information content (AvgIpc) is 2.96. The van der Waals surface area contributed by atoms with Gasteiger partial charge in [0.05, 0.1) is 11.3 Å². The van der Waals surface area contributed by atoms with Crippen molar-refractivity contribution in [2.24, 2.45) is 0 Å². The molecule has 0 aliphatic heterocycles. The molecule has 1 aliphatic carbocycles. The van der Waals surface area contributed by atoms with Crippen LogP contribution in [-0.4, -0.2) is 36.2 Å². The molecule has 7 heteroatoms. The Morgan fingerprint density at radius 1 is 1.50 bits per heavy atom. The molecular formula is C11H20N4O2S. The van der Waals surface area contributed by atoms with Crippen molar-refractivity contribution < 1.29 is 8.42 Å². The van der Waals surface area contributed by atoms with E-state index in [1.54, 1.807) is 26.2 Å². The molecule has 1 heterocycles. The van der Waals surface area contributed by atoms with Gasteiger partial charge in [-0.1, -0.05) is 0 Å². The fourth-order valence-corrected chi connectivity index (χ4v) is 2.81. The summed E-state index contributed by atoms with van der Waals surface area (Å²) >= 11 is 0. The second-order valence-electron chi connectivity index (χ2n) is 4.85. The number of aromatic nitrogens is 2. The summed E-state index contributed by atoms with van der Waals surface area (Å²) in [5.41, 5.74) is 0. The lowest BCUT2D eigenvalue weighted by Crippen LogP contribution is -2.40. The second-order valence-corrected chi connectivity index (χ2v) is 6.98. The molecule has 1 aromatic heterocycles. The van der Waals surface area contributed by atoms with Gasteiger partial charge in [-0.3, -0.25) is 0 Å². The van der Waals surface area contributed by atoms with E-state index in [-0.39, 0.29) is 6.04 Å². The molecule has 102 valence electrons. The molecule has 0 bridgehead atoms. The van der Waals surface area contributed by atoms with E-state index in [0.717, 1.165) is 12.8 Å². The van der Waals surface area contributed by atoms with Crippen LogP contribution < -0.4 is 10.0 Å². The zero-order valence-corrected chi connectivity index (χ0v) is 11.5. The van der Waals surface area contributed by atoms with Crippen molar-refractivity contribution in [1.29, 1.82) is 0 Å². The number of nitrogens with one attached hydrogen (secondary N) is 3. The van der Waals surface area contributed by atoms with Gasteiger partial charge >= 0.3 is 0 Å². The largest absolute Gasteiger partial charge is 0.347 e. The first kappa shape index (κ1) is 13.5. The van der Waals surface area contributed by atoms with Crippen LogP contribution in [0.25, 0.3) is 0 Å². The molecule has 1 aromatic rings. The van der Waals surface area contributed by atoms with E-state index >= 15 is 0 Å². The maximum atomic E-state index is 12.1. The first-order valence-electron chi connectivity index (χ1n) is 6.23. The Bertz CT molecular complexity index is 467. The number of hydrogen-bond acceptors (Lipinski definition) is 4. The van der Waals surface area contributed by atoms with E-state index in [2.05, 4.69) is 20.0 Å². The molecule has 1 aliphatic rings. The Balaban J connectivity index is 1.88. The highest BCUT2D eigenvalue weighted by Gasteiger charge is 2.27. The molecule has 2 atom stereocenters. The third kappa shape index (κ3) is 3.54. The van der Waals surface area contributed by atoms with Gasteiger partial charge in [0.25, 0.3) is 0 Å². The standard InChI is InChI=1S/C11H20N4O2S/c1-8(7-14-10-3-4-10)18(16,17)15-9(2)11-12-5-6-13-11/h5-6,8-10,14-15H,3-4,7H2,1-2H3,(H,12,13). The van der Waals surface area contributed by atoms with Gasteiger partial charge in [-0.25, -0.2) is 18.1 Å². The molecular weight excluding hydrogens is 252 g/mol. The van der Waals surface area contributed by atoms with Crippen LogP contribution in [0.2, 0.25) is 0 Å². The van der Waals surface area contributed by atoms with Gasteiger partial charge in [-0.2, -0.15) is 0 Å². The lowest BCUT2D eigenvalue weighted by molar-refractivity contribution is 0.540. The summed E-state index contributed by atoms with van der Waals surface area (Å²) in [7, 11) is -3.33. The zero-order chi connectivity index (χ0) is 13.2. The van der Waals surface area contributed by atoms with Gasteiger partial charge < -0.3 is 10.3 Å². The number of hydrogen-bond donors (Lipinski definition) is 3. The Morgan fingerprint density at radius 3 is 2.78 bits per heavy atom. The van der Waals surface area contributed by atoms with E-state index in [0.29, 0.717) is 18.4 Å². The first-order valence-corrected chi connectivity index (χ1v) is 7.77. The molecule has 0 saturated heterocycles. The predicted molar refractivity (Wildman–Crippen MR) is 69.5 cm³/mol. The van der Waals surface area contributed by atoms with Gasteiger partial charge in [-0.15, -0.1) is 0 Å². The summed E-state index contributed by atoms with van der Waals surface area (Å²) in [5.74, 6) is 0.626. The highest BCUT2D eigenvalue weighted by molar-refractivity contribution is 7.90. The van der Waals surface area contributed by atoms with Crippen molar-refractivity contribution in [3.63, 3.8) is 0 Å². The van der Waals surface area contributed by atoms with Crippen LogP contribution in [0.5, 0.6) is 0 Å².